The standard InChI is InChI=1S/C15H24N2O2.ClH/c1-12(2)8-10-19-14-6-4-3-5-13(14)11-17-15(18)7-9-16;/h3-6,12H,7-11,16H2,1-2H3,(H,17,18);1H. The third-order valence-electron chi connectivity index (χ3n) is 2.77. The SMILES string of the molecule is CC(C)CCOc1ccccc1CNC(=O)CCN.Cl. The molecule has 0 radical (unpaired) electrons. The summed E-state index contributed by atoms with van der Waals surface area (Å²) in [6, 6.07) is 7.79. The molecule has 4 nitrogen and oxygen atoms in total. The molecule has 0 atom stereocenters. The second-order valence-electron chi connectivity index (χ2n) is 4.95. The number of nitrogens with two attached hydrogens (primary N) is 1. The number of carbonyl (C=O) groups excluding carboxylic acids is 1. The Bertz CT molecular complexity index is 397. The number of halogens is 1. The fourth-order valence-electron chi connectivity index (χ4n) is 1.61. The minimum absolute atomic E-state index is 0. The summed E-state index contributed by atoms with van der Waals surface area (Å²) in [6.45, 7) is 5.89. The van der Waals surface area contributed by atoms with Gasteiger partial charge in [-0.25, -0.2) is 0 Å². The molecule has 0 aliphatic carbocycles. The lowest BCUT2D eigenvalue weighted by molar-refractivity contribution is -0.121. The van der Waals surface area contributed by atoms with Crippen LogP contribution in [-0.4, -0.2) is 19.1 Å². The van der Waals surface area contributed by atoms with Crippen molar-refractivity contribution in [2.24, 2.45) is 11.7 Å². The number of nitrogens with one attached hydrogen (secondary N) is 1. The van der Waals surface area contributed by atoms with Crippen molar-refractivity contribution in [2.75, 3.05) is 13.2 Å². The number of hydrogen-bond donors (Lipinski definition) is 2. The molecule has 3 N–H and O–H groups in total. The molecule has 0 saturated heterocycles. The normalized spacial score (nSPS) is 10.0. The van der Waals surface area contributed by atoms with Gasteiger partial charge in [0.2, 0.25) is 5.91 Å². The largest absolute Gasteiger partial charge is 0.493 e. The fourth-order valence-corrected chi connectivity index (χ4v) is 1.61. The number of benzene rings is 1. The maximum absolute atomic E-state index is 11.4. The molecule has 0 aliphatic rings. The molecule has 1 rings (SSSR count). The first-order valence-corrected chi connectivity index (χ1v) is 6.81. The van der Waals surface area contributed by atoms with Gasteiger partial charge in [0.05, 0.1) is 6.61 Å². The molecule has 5 heteroatoms. The zero-order chi connectivity index (χ0) is 14.1. The third-order valence-corrected chi connectivity index (χ3v) is 2.77. The number of hydrogen-bond acceptors (Lipinski definition) is 3. The summed E-state index contributed by atoms with van der Waals surface area (Å²) >= 11 is 0. The molecule has 114 valence electrons. The molecule has 0 aromatic heterocycles. The molecule has 0 heterocycles. The van der Waals surface area contributed by atoms with Crippen LogP contribution in [0.15, 0.2) is 24.3 Å². The van der Waals surface area contributed by atoms with Gasteiger partial charge in [-0.15, -0.1) is 12.4 Å². The molecule has 1 aromatic carbocycles. The van der Waals surface area contributed by atoms with E-state index in [0.29, 0.717) is 32.0 Å². The Balaban J connectivity index is 0.00000361. The Labute approximate surface area is 127 Å². The van der Waals surface area contributed by atoms with Crippen LogP contribution in [0.4, 0.5) is 0 Å². The highest BCUT2D eigenvalue weighted by Gasteiger charge is 2.05. The van der Waals surface area contributed by atoms with Crippen LogP contribution in [0.5, 0.6) is 5.75 Å². The van der Waals surface area contributed by atoms with Crippen LogP contribution in [0.25, 0.3) is 0 Å². The van der Waals surface area contributed by atoms with E-state index < -0.39 is 0 Å². The number of ether oxygens (including phenoxy) is 1. The first-order chi connectivity index (χ1) is 9.13. The van der Waals surface area contributed by atoms with E-state index >= 15 is 0 Å². The molecule has 0 fully saturated rings. The molecule has 0 aliphatic heterocycles. The van der Waals surface area contributed by atoms with Crippen LogP contribution in [-0.2, 0) is 11.3 Å². The predicted molar refractivity (Wildman–Crippen MR) is 84.2 cm³/mol. The Hall–Kier alpha value is -1.26. The monoisotopic (exact) mass is 300 g/mol. The second-order valence-corrected chi connectivity index (χ2v) is 4.95. The quantitative estimate of drug-likeness (QED) is 0.775. The topological polar surface area (TPSA) is 64.3 Å². The average Bonchev–Trinajstić information content (AvgIpc) is 2.37. The molecule has 0 bridgehead atoms. The van der Waals surface area contributed by atoms with Crippen LogP contribution < -0.4 is 15.8 Å². The van der Waals surface area contributed by atoms with Gasteiger partial charge in [-0.05, 0) is 18.4 Å². The van der Waals surface area contributed by atoms with Crippen LogP contribution in [0.1, 0.15) is 32.3 Å². The van der Waals surface area contributed by atoms with Crippen molar-refractivity contribution in [1.82, 2.24) is 5.32 Å². The molecule has 0 spiro atoms. The minimum atomic E-state index is -0.0283. The van der Waals surface area contributed by atoms with Crippen molar-refractivity contribution in [3.05, 3.63) is 29.8 Å². The molecule has 1 aromatic rings. The van der Waals surface area contributed by atoms with Crippen LogP contribution in [0, 0.1) is 5.92 Å². The van der Waals surface area contributed by atoms with E-state index in [0.717, 1.165) is 17.7 Å². The van der Waals surface area contributed by atoms with Gasteiger partial charge >= 0.3 is 0 Å². The van der Waals surface area contributed by atoms with Gasteiger partial charge in [-0.2, -0.15) is 0 Å². The summed E-state index contributed by atoms with van der Waals surface area (Å²) in [6.07, 6.45) is 1.38. The van der Waals surface area contributed by atoms with Crippen molar-refractivity contribution in [1.29, 1.82) is 0 Å². The number of carbonyl (C=O) groups is 1. The highest BCUT2D eigenvalue weighted by atomic mass is 35.5. The smallest absolute Gasteiger partial charge is 0.221 e. The zero-order valence-electron chi connectivity index (χ0n) is 12.2. The number of para-hydroxylation sites is 1. The Morgan fingerprint density at radius 2 is 2.05 bits per heavy atom. The van der Waals surface area contributed by atoms with Gasteiger partial charge in [0, 0.05) is 25.1 Å². The van der Waals surface area contributed by atoms with Gasteiger partial charge in [-0.3, -0.25) is 4.79 Å². The Morgan fingerprint density at radius 1 is 1.35 bits per heavy atom. The summed E-state index contributed by atoms with van der Waals surface area (Å²) in [5, 5.41) is 2.84. The highest BCUT2D eigenvalue weighted by molar-refractivity contribution is 5.85. The predicted octanol–water partition coefficient (Wildman–Crippen LogP) is 2.50. The molecule has 1 amide bonds. The van der Waals surface area contributed by atoms with E-state index in [1.807, 2.05) is 24.3 Å². The lowest BCUT2D eigenvalue weighted by atomic mass is 10.1. The lowest BCUT2D eigenvalue weighted by Gasteiger charge is -2.13. The van der Waals surface area contributed by atoms with E-state index in [1.54, 1.807) is 0 Å². The molecule has 0 saturated carbocycles. The van der Waals surface area contributed by atoms with Crippen LogP contribution in [0.3, 0.4) is 0 Å². The summed E-state index contributed by atoms with van der Waals surface area (Å²) in [5.41, 5.74) is 6.33. The molecular weight excluding hydrogens is 276 g/mol. The first-order valence-electron chi connectivity index (χ1n) is 6.81. The Morgan fingerprint density at radius 3 is 2.70 bits per heavy atom. The molecule has 20 heavy (non-hydrogen) atoms. The molecule has 0 unspecified atom stereocenters. The van der Waals surface area contributed by atoms with Crippen molar-refractivity contribution in [3.63, 3.8) is 0 Å². The number of amides is 1. The maximum atomic E-state index is 11.4. The van der Waals surface area contributed by atoms with Crippen LogP contribution in [0.2, 0.25) is 0 Å². The van der Waals surface area contributed by atoms with E-state index in [2.05, 4.69) is 19.2 Å². The van der Waals surface area contributed by atoms with Crippen LogP contribution >= 0.6 is 12.4 Å². The van der Waals surface area contributed by atoms with Gasteiger partial charge in [0.1, 0.15) is 5.75 Å². The van der Waals surface area contributed by atoms with Crippen molar-refractivity contribution in [3.8, 4) is 5.75 Å². The summed E-state index contributed by atoms with van der Waals surface area (Å²) in [5.74, 6) is 1.44. The lowest BCUT2D eigenvalue weighted by Crippen LogP contribution is -2.25. The summed E-state index contributed by atoms with van der Waals surface area (Å²) in [4.78, 5) is 11.4. The summed E-state index contributed by atoms with van der Waals surface area (Å²) < 4.78 is 5.76. The fraction of sp³-hybridized carbons (Fsp3) is 0.533. The van der Waals surface area contributed by atoms with E-state index in [1.165, 1.54) is 0 Å². The highest BCUT2D eigenvalue weighted by Crippen LogP contribution is 2.18. The first kappa shape index (κ1) is 18.7. The van der Waals surface area contributed by atoms with Gasteiger partial charge in [-0.1, -0.05) is 32.0 Å². The minimum Gasteiger partial charge on any atom is -0.493 e. The van der Waals surface area contributed by atoms with Gasteiger partial charge in [0.15, 0.2) is 0 Å². The van der Waals surface area contributed by atoms with E-state index in [9.17, 15) is 4.79 Å². The van der Waals surface area contributed by atoms with E-state index in [-0.39, 0.29) is 18.3 Å². The van der Waals surface area contributed by atoms with Gasteiger partial charge < -0.3 is 15.8 Å². The third kappa shape index (κ3) is 7.36. The van der Waals surface area contributed by atoms with E-state index in [4.69, 9.17) is 10.5 Å². The maximum Gasteiger partial charge on any atom is 0.221 e. The van der Waals surface area contributed by atoms with Crippen molar-refractivity contribution >= 4 is 18.3 Å². The summed E-state index contributed by atoms with van der Waals surface area (Å²) in [7, 11) is 0. The Kier molecular flexibility index (Phi) is 9.86. The zero-order valence-corrected chi connectivity index (χ0v) is 13.0. The molecular formula is C15H25ClN2O2. The average molecular weight is 301 g/mol. The van der Waals surface area contributed by atoms with Gasteiger partial charge in [0.25, 0.3) is 0 Å². The van der Waals surface area contributed by atoms with Crippen molar-refractivity contribution in [2.45, 2.75) is 33.2 Å². The van der Waals surface area contributed by atoms with Crippen molar-refractivity contribution < 1.29 is 9.53 Å². The second kappa shape index (κ2) is 10.5. The number of rotatable bonds is 8.